The Morgan fingerprint density at radius 3 is 2.53 bits per heavy atom. The van der Waals surface area contributed by atoms with Crippen LogP contribution in [0.5, 0.6) is 0 Å². The Balaban J connectivity index is 0.00000320. The number of thioether (sulfide) groups is 1. The first-order valence-electron chi connectivity index (χ1n) is 9.97. The van der Waals surface area contributed by atoms with Crippen molar-refractivity contribution in [3.05, 3.63) is 60.2 Å². The number of hydrogen-bond acceptors (Lipinski definition) is 5. The molecule has 3 rings (SSSR count). The fraction of sp³-hybridized carbons (Fsp3) is 0.391. The molecule has 0 saturated carbocycles. The Kier molecular flexibility index (Phi) is 9.21. The second kappa shape index (κ2) is 11.4. The number of para-hydroxylation sites is 2. The molecule has 1 aromatic heterocycles. The number of esters is 1. The van der Waals surface area contributed by atoms with E-state index in [1.54, 1.807) is 11.8 Å². The smallest absolute Gasteiger partial charge is 0.326 e. The average Bonchev–Trinajstić information content (AvgIpc) is 3.01. The molecule has 0 atom stereocenters. The molecule has 0 fully saturated rings. The number of halogens is 1. The predicted octanol–water partition coefficient (Wildman–Crippen LogP) is 5.07. The van der Waals surface area contributed by atoms with Gasteiger partial charge in [-0.1, -0.05) is 54.2 Å². The number of carbonyl (C=O) groups is 1. The maximum Gasteiger partial charge on any atom is 0.326 e. The largest absolute Gasteiger partial charge is 0.459 e. The van der Waals surface area contributed by atoms with Crippen LogP contribution in [0.25, 0.3) is 11.0 Å². The summed E-state index contributed by atoms with van der Waals surface area (Å²) in [5.41, 5.74) is 2.66. The van der Waals surface area contributed by atoms with Crippen LogP contribution in [0, 0.1) is 0 Å². The molecule has 0 unspecified atom stereocenters. The quantitative estimate of drug-likeness (QED) is 0.282. The third-order valence-electron chi connectivity index (χ3n) is 4.23. The lowest BCUT2D eigenvalue weighted by atomic mass is 10.2. The maximum atomic E-state index is 12.4. The van der Waals surface area contributed by atoms with Gasteiger partial charge in [-0.25, -0.2) is 4.98 Å². The summed E-state index contributed by atoms with van der Waals surface area (Å²) < 4.78 is 7.47. The monoisotopic (exact) mass is 447 g/mol. The van der Waals surface area contributed by atoms with E-state index in [1.165, 1.54) is 5.56 Å². The second-order valence-electron chi connectivity index (χ2n) is 7.92. The molecule has 0 amide bonds. The Labute approximate surface area is 189 Å². The van der Waals surface area contributed by atoms with E-state index < -0.39 is 5.60 Å². The SMILES string of the molecule is CC(C)(C)OC(=O)Cn1c(SCCCNCc2ccccc2)nc2ccccc21.Cl. The second-order valence-corrected chi connectivity index (χ2v) is 8.98. The molecule has 7 heteroatoms. The molecule has 5 nitrogen and oxygen atoms in total. The molecule has 162 valence electrons. The molecule has 0 aliphatic rings. The number of hydrogen-bond donors (Lipinski definition) is 1. The number of ether oxygens (including phenoxy) is 1. The van der Waals surface area contributed by atoms with Crippen LogP contribution in [-0.2, 0) is 22.6 Å². The molecule has 0 radical (unpaired) electrons. The molecule has 0 saturated heterocycles. The molecular weight excluding hydrogens is 418 g/mol. The lowest BCUT2D eigenvalue weighted by Crippen LogP contribution is -2.26. The Bertz CT molecular complexity index is 939. The van der Waals surface area contributed by atoms with E-state index in [4.69, 9.17) is 9.72 Å². The van der Waals surface area contributed by atoms with E-state index in [-0.39, 0.29) is 24.9 Å². The zero-order chi connectivity index (χ0) is 20.7. The molecule has 0 bridgehead atoms. The number of nitrogens with one attached hydrogen (secondary N) is 1. The van der Waals surface area contributed by atoms with E-state index >= 15 is 0 Å². The highest BCUT2D eigenvalue weighted by Gasteiger charge is 2.19. The van der Waals surface area contributed by atoms with Gasteiger partial charge in [-0.3, -0.25) is 4.79 Å². The highest BCUT2D eigenvalue weighted by molar-refractivity contribution is 7.99. The predicted molar refractivity (Wildman–Crippen MR) is 126 cm³/mol. The van der Waals surface area contributed by atoms with Gasteiger partial charge in [0.2, 0.25) is 0 Å². The van der Waals surface area contributed by atoms with Crippen molar-refractivity contribution in [3.8, 4) is 0 Å². The first-order chi connectivity index (χ1) is 13.9. The van der Waals surface area contributed by atoms with Crippen molar-refractivity contribution in [3.63, 3.8) is 0 Å². The number of aromatic nitrogens is 2. The third-order valence-corrected chi connectivity index (χ3v) is 5.29. The zero-order valence-electron chi connectivity index (χ0n) is 17.8. The van der Waals surface area contributed by atoms with E-state index in [0.29, 0.717) is 0 Å². The topological polar surface area (TPSA) is 56.1 Å². The molecule has 1 heterocycles. The van der Waals surface area contributed by atoms with Crippen molar-refractivity contribution in [2.24, 2.45) is 0 Å². The van der Waals surface area contributed by atoms with Gasteiger partial charge in [-0.05, 0) is 51.4 Å². The molecule has 2 aromatic carbocycles. The van der Waals surface area contributed by atoms with Crippen molar-refractivity contribution in [1.82, 2.24) is 14.9 Å². The van der Waals surface area contributed by atoms with Crippen LogP contribution >= 0.6 is 24.2 Å². The van der Waals surface area contributed by atoms with Crippen molar-refractivity contribution < 1.29 is 9.53 Å². The van der Waals surface area contributed by atoms with Crippen LogP contribution in [-0.4, -0.2) is 33.4 Å². The summed E-state index contributed by atoms with van der Waals surface area (Å²) in [6.07, 6.45) is 1.02. The van der Waals surface area contributed by atoms with Crippen molar-refractivity contribution in [2.45, 2.75) is 51.0 Å². The van der Waals surface area contributed by atoms with Gasteiger partial charge in [0.1, 0.15) is 12.1 Å². The van der Waals surface area contributed by atoms with Gasteiger partial charge < -0.3 is 14.6 Å². The van der Waals surface area contributed by atoms with Gasteiger partial charge in [0.15, 0.2) is 5.16 Å². The number of fused-ring (bicyclic) bond motifs is 1. The maximum absolute atomic E-state index is 12.4. The minimum atomic E-state index is -0.495. The highest BCUT2D eigenvalue weighted by Crippen LogP contribution is 2.25. The van der Waals surface area contributed by atoms with Gasteiger partial charge in [0, 0.05) is 12.3 Å². The van der Waals surface area contributed by atoms with Crippen LogP contribution in [0.15, 0.2) is 59.8 Å². The number of carbonyl (C=O) groups excluding carboxylic acids is 1. The Hall–Kier alpha value is -2.02. The minimum absolute atomic E-state index is 0. The zero-order valence-corrected chi connectivity index (χ0v) is 19.4. The lowest BCUT2D eigenvalue weighted by Gasteiger charge is -2.20. The van der Waals surface area contributed by atoms with Crippen LogP contribution in [0.1, 0.15) is 32.8 Å². The van der Waals surface area contributed by atoms with Crippen molar-refractivity contribution >= 4 is 41.2 Å². The average molecular weight is 448 g/mol. The molecular formula is C23H30ClN3O2S. The number of rotatable bonds is 9. The van der Waals surface area contributed by atoms with E-state index in [9.17, 15) is 4.79 Å². The summed E-state index contributed by atoms with van der Waals surface area (Å²) >= 11 is 1.68. The Morgan fingerprint density at radius 1 is 1.10 bits per heavy atom. The summed E-state index contributed by atoms with van der Waals surface area (Å²) in [5, 5.41) is 4.33. The van der Waals surface area contributed by atoms with Gasteiger partial charge >= 0.3 is 5.97 Å². The third kappa shape index (κ3) is 7.35. The molecule has 0 aliphatic heterocycles. The minimum Gasteiger partial charge on any atom is -0.459 e. The summed E-state index contributed by atoms with van der Waals surface area (Å²) in [4.78, 5) is 17.1. The van der Waals surface area contributed by atoms with Gasteiger partial charge in [0.05, 0.1) is 11.0 Å². The van der Waals surface area contributed by atoms with Crippen LogP contribution < -0.4 is 5.32 Å². The van der Waals surface area contributed by atoms with Gasteiger partial charge in [-0.15, -0.1) is 12.4 Å². The Morgan fingerprint density at radius 2 is 1.80 bits per heavy atom. The number of benzene rings is 2. The number of nitrogens with zero attached hydrogens (tertiary/aromatic N) is 2. The molecule has 1 N–H and O–H groups in total. The van der Waals surface area contributed by atoms with E-state index in [1.807, 2.05) is 55.7 Å². The first-order valence-corrected chi connectivity index (χ1v) is 11.0. The molecule has 0 spiro atoms. The highest BCUT2D eigenvalue weighted by atomic mass is 35.5. The summed E-state index contributed by atoms with van der Waals surface area (Å²) in [5.74, 6) is 0.687. The van der Waals surface area contributed by atoms with Crippen molar-refractivity contribution in [2.75, 3.05) is 12.3 Å². The van der Waals surface area contributed by atoms with Crippen LogP contribution in [0.2, 0.25) is 0 Å². The number of imidazole rings is 1. The van der Waals surface area contributed by atoms with Crippen LogP contribution in [0.3, 0.4) is 0 Å². The van der Waals surface area contributed by atoms with Crippen LogP contribution in [0.4, 0.5) is 0 Å². The fourth-order valence-corrected chi connectivity index (χ4v) is 3.96. The summed E-state index contributed by atoms with van der Waals surface area (Å²) in [7, 11) is 0. The standard InChI is InChI=1S/C23H29N3O2S.ClH/c1-23(2,3)28-21(27)17-26-20-13-8-7-12-19(20)25-22(26)29-15-9-14-24-16-18-10-5-4-6-11-18;/h4-8,10-13,24H,9,14-17H2,1-3H3;1H. The fourth-order valence-electron chi connectivity index (χ4n) is 3.01. The van der Waals surface area contributed by atoms with Gasteiger partial charge in [0.25, 0.3) is 0 Å². The van der Waals surface area contributed by atoms with Gasteiger partial charge in [-0.2, -0.15) is 0 Å². The van der Waals surface area contributed by atoms with Crippen molar-refractivity contribution in [1.29, 1.82) is 0 Å². The van der Waals surface area contributed by atoms with E-state index in [0.717, 1.165) is 41.5 Å². The first kappa shape index (κ1) is 24.3. The molecule has 0 aliphatic carbocycles. The summed E-state index contributed by atoms with van der Waals surface area (Å²) in [6, 6.07) is 18.3. The normalized spacial score (nSPS) is 11.3. The van der Waals surface area contributed by atoms with E-state index in [2.05, 4.69) is 29.6 Å². The molecule has 30 heavy (non-hydrogen) atoms. The lowest BCUT2D eigenvalue weighted by molar-refractivity contribution is -0.155. The molecule has 3 aromatic rings. The summed E-state index contributed by atoms with van der Waals surface area (Å²) in [6.45, 7) is 7.64.